The topological polar surface area (TPSA) is 84.7 Å². The van der Waals surface area contributed by atoms with Crippen molar-refractivity contribution < 1.29 is 14.5 Å². The van der Waals surface area contributed by atoms with E-state index in [-0.39, 0.29) is 17.6 Å². The molecule has 1 amide bonds. The molecule has 0 radical (unpaired) electrons. The van der Waals surface area contributed by atoms with Crippen molar-refractivity contribution in [3.05, 3.63) is 39.4 Å². The summed E-state index contributed by atoms with van der Waals surface area (Å²) in [4.78, 5) is 24.6. The Morgan fingerprint density at radius 3 is 3.05 bits per heavy atom. The number of amides is 1. The summed E-state index contributed by atoms with van der Waals surface area (Å²) < 4.78 is 5.36. The minimum atomic E-state index is -0.398. The van der Waals surface area contributed by atoms with Crippen molar-refractivity contribution >= 4 is 11.6 Å². The smallest absolute Gasteiger partial charge is 0.269 e. The summed E-state index contributed by atoms with van der Waals surface area (Å²) in [5.74, 6) is 0.0696. The lowest BCUT2D eigenvalue weighted by molar-refractivity contribution is -0.385. The lowest BCUT2D eigenvalue weighted by atomic mass is 9.98. The van der Waals surface area contributed by atoms with E-state index >= 15 is 0 Å². The molecule has 2 aliphatic rings. The van der Waals surface area contributed by atoms with Crippen LogP contribution in [0.2, 0.25) is 0 Å². The molecule has 7 heteroatoms. The lowest BCUT2D eigenvalue weighted by Gasteiger charge is -2.31. The van der Waals surface area contributed by atoms with Gasteiger partial charge >= 0.3 is 0 Å². The molecule has 1 unspecified atom stereocenters. The van der Waals surface area contributed by atoms with E-state index in [1.807, 2.05) is 0 Å². The number of rotatable bonds is 3. The quantitative estimate of drug-likeness (QED) is 0.661. The number of non-ortho nitro benzene ring substituents is 1. The van der Waals surface area contributed by atoms with Crippen molar-refractivity contribution in [3.63, 3.8) is 0 Å². The molecular formula is C15H19N3O4. The van der Waals surface area contributed by atoms with Gasteiger partial charge in [0.15, 0.2) is 0 Å². The van der Waals surface area contributed by atoms with Gasteiger partial charge in [0.25, 0.3) is 5.69 Å². The first-order chi connectivity index (χ1) is 10.6. The Morgan fingerprint density at radius 2 is 2.32 bits per heavy atom. The number of benzene rings is 1. The van der Waals surface area contributed by atoms with Crippen molar-refractivity contribution in [1.29, 1.82) is 0 Å². The monoisotopic (exact) mass is 305 g/mol. The third-order valence-corrected chi connectivity index (χ3v) is 4.19. The van der Waals surface area contributed by atoms with Gasteiger partial charge in [0.1, 0.15) is 0 Å². The number of fused-ring (bicyclic) bond motifs is 1. The highest BCUT2D eigenvalue weighted by molar-refractivity contribution is 5.77. The number of nitro groups is 1. The van der Waals surface area contributed by atoms with E-state index in [1.54, 1.807) is 17.0 Å². The second-order valence-electron chi connectivity index (χ2n) is 5.71. The number of nitro benzene ring substituents is 1. The molecule has 1 fully saturated rings. The Kier molecular flexibility index (Phi) is 4.35. The van der Waals surface area contributed by atoms with Crippen LogP contribution < -0.4 is 5.32 Å². The zero-order valence-corrected chi connectivity index (χ0v) is 12.3. The van der Waals surface area contributed by atoms with Gasteiger partial charge in [-0.05, 0) is 17.5 Å². The number of carbonyl (C=O) groups is 1. The van der Waals surface area contributed by atoms with Gasteiger partial charge in [-0.15, -0.1) is 0 Å². The average Bonchev–Trinajstić information content (AvgIpc) is 2.54. The van der Waals surface area contributed by atoms with Gasteiger partial charge < -0.3 is 15.0 Å². The van der Waals surface area contributed by atoms with Gasteiger partial charge in [0, 0.05) is 44.2 Å². The minimum absolute atomic E-state index is 0.0627. The SMILES string of the molecule is O=C(CC1COCCN1)N1CCc2ccc([N+](=O)[O-])cc2C1. The van der Waals surface area contributed by atoms with Gasteiger partial charge in [-0.1, -0.05) is 6.07 Å². The fraction of sp³-hybridized carbons (Fsp3) is 0.533. The molecule has 7 nitrogen and oxygen atoms in total. The first kappa shape index (κ1) is 14.9. The molecule has 2 aliphatic heterocycles. The fourth-order valence-electron chi connectivity index (χ4n) is 2.96. The van der Waals surface area contributed by atoms with E-state index in [4.69, 9.17) is 4.74 Å². The fourth-order valence-corrected chi connectivity index (χ4v) is 2.96. The molecule has 1 atom stereocenters. The molecular weight excluding hydrogens is 286 g/mol. The molecule has 118 valence electrons. The van der Waals surface area contributed by atoms with Gasteiger partial charge in [-0.3, -0.25) is 14.9 Å². The van der Waals surface area contributed by atoms with Crippen LogP contribution in [-0.2, 0) is 22.5 Å². The highest BCUT2D eigenvalue weighted by Gasteiger charge is 2.25. The van der Waals surface area contributed by atoms with Crippen molar-refractivity contribution in [2.75, 3.05) is 26.3 Å². The maximum atomic E-state index is 12.4. The third kappa shape index (κ3) is 3.26. The number of hydrogen-bond acceptors (Lipinski definition) is 5. The molecule has 1 aromatic rings. The predicted molar refractivity (Wildman–Crippen MR) is 79.4 cm³/mol. The van der Waals surface area contributed by atoms with E-state index in [0.29, 0.717) is 32.7 Å². The van der Waals surface area contributed by atoms with Gasteiger partial charge in [-0.25, -0.2) is 0 Å². The van der Waals surface area contributed by atoms with Crippen LogP contribution in [0.3, 0.4) is 0 Å². The van der Waals surface area contributed by atoms with Gasteiger partial charge in [0.2, 0.25) is 5.91 Å². The first-order valence-corrected chi connectivity index (χ1v) is 7.48. The molecule has 1 aromatic carbocycles. The number of nitrogens with one attached hydrogen (secondary N) is 1. The van der Waals surface area contributed by atoms with Crippen molar-refractivity contribution in [2.45, 2.75) is 25.4 Å². The maximum absolute atomic E-state index is 12.4. The van der Waals surface area contributed by atoms with Crippen molar-refractivity contribution in [3.8, 4) is 0 Å². The zero-order chi connectivity index (χ0) is 15.5. The van der Waals surface area contributed by atoms with Crippen LogP contribution in [0.4, 0.5) is 5.69 Å². The summed E-state index contributed by atoms with van der Waals surface area (Å²) >= 11 is 0. The van der Waals surface area contributed by atoms with E-state index < -0.39 is 4.92 Å². The number of nitrogens with zero attached hydrogens (tertiary/aromatic N) is 2. The highest BCUT2D eigenvalue weighted by Crippen LogP contribution is 2.24. The molecule has 1 saturated heterocycles. The normalized spacial score (nSPS) is 21.3. The summed E-state index contributed by atoms with van der Waals surface area (Å²) in [5, 5.41) is 14.1. The molecule has 0 aliphatic carbocycles. The standard InChI is InChI=1S/C15H19N3O4/c19-15(8-13-10-22-6-4-16-13)17-5-3-11-1-2-14(18(20)21)7-12(11)9-17/h1-2,7,13,16H,3-6,8-10H2. The van der Waals surface area contributed by atoms with E-state index in [2.05, 4.69) is 5.32 Å². The number of hydrogen-bond donors (Lipinski definition) is 1. The summed E-state index contributed by atoms with van der Waals surface area (Å²) in [7, 11) is 0. The Bertz CT molecular complexity index is 584. The van der Waals surface area contributed by atoms with Gasteiger partial charge in [-0.2, -0.15) is 0 Å². The Balaban J connectivity index is 1.66. The van der Waals surface area contributed by atoms with Crippen molar-refractivity contribution in [1.82, 2.24) is 10.2 Å². The lowest BCUT2D eigenvalue weighted by Crippen LogP contribution is -2.46. The second-order valence-corrected chi connectivity index (χ2v) is 5.71. The summed E-state index contributed by atoms with van der Waals surface area (Å²) in [5.41, 5.74) is 2.05. The summed E-state index contributed by atoms with van der Waals surface area (Å²) in [6, 6.07) is 4.97. The molecule has 3 rings (SSSR count). The number of carbonyl (C=O) groups excluding carboxylic acids is 1. The van der Waals surface area contributed by atoms with Gasteiger partial charge in [0.05, 0.1) is 18.1 Å². The van der Waals surface area contributed by atoms with Crippen LogP contribution in [0, 0.1) is 10.1 Å². The van der Waals surface area contributed by atoms with Crippen LogP contribution in [0.1, 0.15) is 17.5 Å². The molecule has 0 aromatic heterocycles. The Labute approximate surface area is 128 Å². The molecule has 2 heterocycles. The average molecular weight is 305 g/mol. The first-order valence-electron chi connectivity index (χ1n) is 7.48. The minimum Gasteiger partial charge on any atom is -0.378 e. The van der Waals surface area contributed by atoms with Crippen LogP contribution >= 0.6 is 0 Å². The van der Waals surface area contributed by atoms with Crippen molar-refractivity contribution in [2.24, 2.45) is 0 Å². The van der Waals surface area contributed by atoms with Crippen LogP contribution in [0.25, 0.3) is 0 Å². The third-order valence-electron chi connectivity index (χ3n) is 4.19. The predicted octanol–water partition coefficient (Wildman–Crippen LogP) is 0.858. The van der Waals surface area contributed by atoms with E-state index in [0.717, 1.165) is 24.1 Å². The van der Waals surface area contributed by atoms with E-state index in [9.17, 15) is 14.9 Å². The largest absolute Gasteiger partial charge is 0.378 e. The molecule has 0 bridgehead atoms. The summed E-state index contributed by atoms with van der Waals surface area (Å²) in [6.07, 6.45) is 1.15. The highest BCUT2D eigenvalue weighted by atomic mass is 16.6. The van der Waals surface area contributed by atoms with Crippen LogP contribution in [-0.4, -0.2) is 48.1 Å². The molecule has 0 spiro atoms. The number of ether oxygens (including phenoxy) is 1. The molecule has 22 heavy (non-hydrogen) atoms. The Hall–Kier alpha value is -1.99. The molecule has 0 saturated carbocycles. The zero-order valence-electron chi connectivity index (χ0n) is 12.3. The molecule has 1 N–H and O–H groups in total. The van der Waals surface area contributed by atoms with Crippen LogP contribution in [0.15, 0.2) is 18.2 Å². The summed E-state index contributed by atoms with van der Waals surface area (Å²) in [6.45, 7) is 3.13. The second kappa shape index (κ2) is 6.41. The van der Waals surface area contributed by atoms with E-state index in [1.165, 1.54) is 6.07 Å². The maximum Gasteiger partial charge on any atom is 0.269 e. The number of morpholine rings is 1. The van der Waals surface area contributed by atoms with Crippen LogP contribution in [0.5, 0.6) is 0 Å². The Morgan fingerprint density at radius 1 is 1.45 bits per heavy atom.